The Labute approximate surface area is 174 Å². The molecular weight excluding hydrogens is 441 g/mol. The van der Waals surface area contributed by atoms with Crippen LogP contribution in [0.25, 0.3) is 10.4 Å². The Morgan fingerprint density at radius 3 is 2.77 bits per heavy atom. The van der Waals surface area contributed by atoms with Gasteiger partial charge in [0.1, 0.15) is 18.9 Å². The van der Waals surface area contributed by atoms with E-state index in [0.717, 1.165) is 4.57 Å². The number of aromatic nitrogens is 2. The first-order chi connectivity index (χ1) is 14.4. The fraction of sp³-hybridized carbons (Fsp3) is 0.643. The maximum absolute atomic E-state index is 12.1. The van der Waals surface area contributed by atoms with Gasteiger partial charge in [0.25, 0.3) is 11.5 Å². The first-order valence-corrected chi connectivity index (χ1v) is 10.4. The molecule has 2 heterocycles. The summed E-state index contributed by atoms with van der Waals surface area (Å²) >= 11 is 0. The van der Waals surface area contributed by atoms with Gasteiger partial charge in [0.2, 0.25) is 0 Å². The summed E-state index contributed by atoms with van der Waals surface area (Å²) in [5, 5.41) is 13.9. The summed E-state index contributed by atoms with van der Waals surface area (Å²) in [7, 11) is -5.21. The topological polar surface area (TPSA) is 246 Å². The highest BCUT2D eigenvalue weighted by atomic mass is 31.2. The third-order valence-corrected chi connectivity index (χ3v) is 5.14. The first kappa shape index (κ1) is 24.7. The van der Waals surface area contributed by atoms with E-state index in [1.807, 2.05) is 0 Å². The Hall–Kier alpha value is -2.55. The van der Waals surface area contributed by atoms with Crippen molar-refractivity contribution in [3.05, 3.63) is 43.0 Å². The molecule has 172 valence electrons. The van der Waals surface area contributed by atoms with Gasteiger partial charge in [-0.15, -0.1) is 4.83 Å². The van der Waals surface area contributed by atoms with E-state index in [4.69, 9.17) is 20.8 Å². The van der Waals surface area contributed by atoms with Crippen LogP contribution in [0.5, 0.6) is 0 Å². The average Bonchev–Trinajstić information content (AvgIpc) is 3.07. The Morgan fingerprint density at radius 2 is 2.23 bits per heavy atom. The summed E-state index contributed by atoms with van der Waals surface area (Å²) in [6.45, 7) is 1.80. The van der Waals surface area contributed by atoms with Crippen LogP contribution < -0.4 is 17.0 Å². The average molecular weight is 463 g/mol. The van der Waals surface area contributed by atoms with Gasteiger partial charge in [-0.2, -0.15) is 0 Å². The van der Waals surface area contributed by atoms with E-state index in [1.54, 1.807) is 0 Å². The van der Waals surface area contributed by atoms with Gasteiger partial charge in [-0.05, 0) is 19.4 Å². The lowest BCUT2D eigenvalue weighted by Crippen LogP contribution is -2.44. The van der Waals surface area contributed by atoms with E-state index in [-0.39, 0.29) is 16.8 Å². The molecule has 5 atom stereocenters. The van der Waals surface area contributed by atoms with Crippen molar-refractivity contribution >= 4 is 13.7 Å². The summed E-state index contributed by atoms with van der Waals surface area (Å²) in [5.41, 5.74) is 12.9. The van der Waals surface area contributed by atoms with Crippen molar-refractivity contribution in [2.24, 2.45) is 10.8 Å². The number of aliphatic hydroxyl groups excluding tert-OH is 1. The summed E-state index contributed by atoms with van der Waals surface area (Å²) in [6, 6.07) is -2.30. The Kier molecular flexibility index (Phi) is 7.75. The highest BCUT2D eigenvalue weighted by Crippen LogP contribution is 2.41. The van der Waals surface area contributed by atoms with E-state index in [2.05, 4.69) is 15.0 Å². The van der Waals surface area contributed by atoms with Crippen LogP contribution in [-0.4, -0.2) is 66.1 Å². The molecule has 6 N–H and O–H groups in total. The Bertz CT molecular complexity index is 1030. The molecule has 0 bridgehead atoms. The minimum Gasteiger partial charge on any atom is -0.388 e. The number of ether oxygens (including phenoxy) is 1. The Morgan fingerprint density at radius 1 is 1.58 bits per heavy atom. The van der Waals surface area contributed by atoms with Gasteiger partial charge in [-0.1, -0.05) is 5.11 Å². The highest BCUT2D eigenvalue weighted by Gasteiger charge is 2.42. The second kappa shape index (κ2) is 9.72. The molecule has 17 heteroatoms. The van der Waals surface area contributed by atoms with Crippen LogP contribution in [0.4, 0.5) is 0 Å². The number of nitrogens with zero attached hydrogens (tertiary/aromatic N) is 5. The van der Waals surface area contributed by atoms with Gasteiger partial charge in [0.15, 0.2) is 0 Å². The number of carbonyl (C=O) groups excluding carboxylic acids is 1. The molecule has 1 aromatic heterocycles. The van der Waals surface area contributed by atoms with Crippen molar-refractivity contribution < 1.29 is 33.8 Å². The van der Waals surface area contributed by atoms with Crippen LogP contribution in [-0.2, 0) is 18.9 Å². The van der Waals surface area contributed by atoms with Crippen LogP contribution in [0.2, 0.25) is 0 Å². The number of nitrogens with one attached hydrogen (secondary N) is 1. The molecule has 0 aromatic carbocycles. The molecule has 1 unspecified atom stereocenters. The zero-order valence-corrected chi connectivity index (χ0v) is 17.3. The largest absolute Gasteiger partial charge is 0.456 e. The molecule has 1 aliphatic rings. The van der Waals surface area contributed by atoms with Gasteiger partial charge in [-0.25, -0.2) is 9.36 Å². The molecule has 1 amide bonds. The second-order valence-corrected chi connectivity index (χ2v) is 8.21. The van der Waals surface area contributed by atoms with Crippen LogP contribution in [0.1, 0.15) is 25.1 Å². The smallest absolute Gasteiger partial charge is 0.388 e. The summed E-state index contributed by atoms with van der Waals surface area (Å²) < 4.78 is 18.1. The van der Waals surface area contributed by atoms with Crippen molar-refractivity contribution in [1.29, 1.82) is 0 Å². The molecule has 0 spiro atoms. The molecule has 1 aliphatic heterocycles. The minimum atomic E-state index is -5.21. The molecule has 1 saturated heterocycles. The third kappa shape index (κ3) is 5.78. The maximum atomic E-state index is 12.1. The zero-order valence-electron chi connectivity index (χ0n) is 16.4. The quantitative estimate of drug-likeness (QED) is 0.0968. The number of aromatic amines is 1. The van der Waals surface area contributed by atoms with Crippen LogP contribution in [0, 0.1) is 6.92 Å². The molecule has 0 aliphatic carbocycles. The molecule has 31 heavy (non-hydrogen) atoms. The first-order valence-electron chi connectivity index (χ1n) is 8.85. The number of aliphatic hydroxyl groups is 1. The minimum absolute atomic E-state index is 0.0574. The lowest BCUT2D eigenvalue weighted by molar-refractivity contribution is -0.180. The third-order valence-electron chi connectivity index (χ3n) is 4.35. The molecule has 1 fully saturated rings. The molecular formula is C14H22N7O9P. The van der Waals surface area contributed by atoms with E-state index >= 15 is 0 Å². The van der Waals surface area contributed by atoms with Gasteiger partial charge in [0.05, 0.1) is 18.2 Å². The van der Waals surface area contributed by atoms with E-state index in [9.17, 15) is 33.8 Å². The fourth-order valence-corrected chi connectivity index (χ4v) is 3.51. The zero-order chi connectivity index (χ0) is 23.5. The van der Waals surface area contributed by atoms with E-state index < -0.39 is 62.0 Å². The number of aryl methyl sites for hydroxylation is 1. The van der Waals surface area contributed by atoms with Gasteiger partial charge >= 0.3 is 13.4 Å². The lowest BCUT2D eigenvalue weighted by atomic mass is 10.1. The standard InChI is InChI=1S/C14H22N7O9P/c1-6-4-20(14(25)17-12(6)23)10-3-8(18-19-16)11(30-10)9(22)5-29-21(31(26,27)28)13(24)7(2)15/h4,7-11,22H,3,5,15H2,1-2H3,(H,17,23,25)(H2,26,27,28)/t7-,8-,9?,10+,11-/m0/s1. The molecule has 0 radical (unpaired) electrons. The van der Waals surface area contributed by atoms with Gasteiger partial charge in [-0.3, -0.25) is 24.0 Å². The number of amides is 1. The Balaban J connectivity index is 2.21. The predicted molar refractivity (Wildman–Crippen MR) is 102 cm³/mol. The maximum Gasteiger partial charge on any atom is 0.456 e. The van der Waals surface area contributed by atoms with Crippen LogP contribution >= 0.6 is 7.75 Å². The highest BCUT2D eigenvalue weighted by molar-refractivity contribution is 7.49. The molecule has 16 nitrogen and oxygen atoms in total. The van der Waals surface area contributed by atoms with Crippen molar-refractivity contribution in [3.8, 4) is 0 Å². The fourth-order valence-electron chi connectivity index (χ4n) is 2.86. The van der Waals surface area contributed by atoms with Crippen LogP contribution in [0.15, 0.2) is 20.9 Å². The molecule has 2 rings (SSSR count). The molecule has 1 aromatic rings. The van der Waals surface area contributed by atoms with E-state index in [0.29, 0.717) is 0 Å². The number of nitrogens with two attached hydrogens (primary N) is 1. The van der Waals surface area contributed by atoms with Crippen molar-refractivity contribution in [2.75, 3.05) is 6.61 Å². The van der Waals surface area contributed by atoms with Crippen LogP contribution in [0.3, 0.4) is 0 Å². The number of rotatable bonds is 8. The van der Waals surface area contributed by atoms with Crippen molar-refractivity contribution in [2.45, 2.75) is 50.8 Å². The second-order valence-electron chi connectivity index (χ2n) is 6.82. The van der Waals surface area contributed by atoms with Crippen molar-refractivity contribution in [1.82, 2.24) is 14.4 Å². The van der Waals surface area contributed by atoms with Crippen molar-refractivity contribution in [3.63, 3.8) is 0 Å². The summed E-state index contributed by atoms with van der Waals surface area (Å²) in [4.78, 5) is 63.3. The SMILES string of the molecule is Cc1cn([C@H]2C[C@H](N=[N+]=[N-])[C@@H](C(O)CON(C(=O)[C@H](C)N)P(=O)(O)O)O2)c(=O)[nH]c1=O. The van der Waals surface area contributed by atoms with E-state index in [1.165, 1.54) is 20.0 Å². The monoisotopic (exact) mass is 463 g/mol. The number of hydroxylamine groups is 1. The summed E-state index contributed by atoms with van der Waals surface area (Å²) in [5.74, 6) is -1.23. The normalized spacial score (nSPS) is 23.1. The number of hydrogen-bond donors (Lipinski definition) is 5. The lowest BCUT2D eigenvalue weighted by Gasteiger charge is -2.27. The number of H-pyrrole nitrogens is 1. The number of carbonyl (C=O) groups is 1. The number of azide groups is 1. The van der Waals surface area contributed by atoms with Gasteiger partial charge in [0, 0.05) is 23.1 Å². The number of hydrogen-bond acceptors (Lipinski definition) is 9. The predicted octanol–water partition coefficient (Wildman–Crippen LogP) is -1.63. The molecule has 0 saturated carbocycles. The van der Waals surface area contributed by atoms with Gasteiger partial charge < -0.3 is 25.4 Å². The summed E-state index contributed by atoms with van der Waals surface area (Å²) in [6.07, 6.45) is -2.74.